The third kappa shape index (κ3) is 6.91. The third-order valence-electron chi connectivity index (χ3n) is 7.54. The topological polar surface area (TPSA) is 90.7 Å². The van der Waals surface area contributed by atoms with Crippen molar-refractivity contribution in [1.82, 2.24) is 19.9 Å². The molecule has 0 atom stereocenters. The van der Waals surface area contributed by atoms with Gasteiger partial charge in [0, 0.05) is 25.3 Å². The number of amides is 1. The number of hydrogen-bond donors (Lipinski definition) is 1. The third-order valence-corrected chi connectivity index (χ3v) is 7.54. The Morgan fingerprint density at radius 1 is 0.929 bits per heavy atom. The molecule has 0 bridgehead atoms. The molecule has 0 aliphatic carbocycles. The summed E-state index contributed by atoms with van der Waals surface area (Å²) in [5.41, 5.74) is 5.72. The minimum absolute atomic E-state index is 0.0499. The highest BCUT2D eigenvalue weighted by Crippen LogP contribution is 2.33. The normalized spacial score (nSPS) is 13.4. The summed E-state index contributed by atoms with van der Waals surface area (Å²) in [6.07, 6.45) is 2.85. The predicted molar refractivity (Wildman–Crippen MR) is 162 cm³/mol. The van der Waals surface area contributed by atoms with Crippen LogP contribution in [0.25, 0.3) is 0 Å². The smallest absolute Gasteiger partial charge is 0.259 e. The number of benzene rings is 3. The van der Waals surface area contributed by atoms with Crippen molar-refractivity contribution in [1.29, 1.82) is 0 Å². The van der Waals surface area contributed by atoms with E-state index < -0.39 is 0 Å². The molecule has 0 spiro atoms. The molecule has 42 heavy (non-hydrogen) atoms. The highest BCUT2D eigenvalue weighted by molar-refractivity contribution is 6.06. The molecule has 1 aliphatic heterocycles. The van der Waals surface area contributed by atoms with E-state index in [2.05, 4.69) is 53.4 Å². The van der Waals surface area contributed by atoms with E-state index in [4.69, 9.17) is 14.2 Å². The van der Waals surface area contributed by atoms with E-state index >= 15 is 0 Å². The van der Waals surface area contributed by atoms with Crippen molar-refractivity contribution in [3.05, 3.63) is 94.8 Å². The van der Waals surface area contributed by atoms with Gasteiger partial charge in [-0.25, -0.2) is 0 Å². The van der Waals surface area contributed by atoms with Gasteiger partial charge in [-0.1, -0.05) is 50.3 Å². The number of hydrogen-bond acceptors (Lipinski definition) is 7. The summed E-state index contributed by atoms with van der Waals surface area (Å²) in [5.74, 6) is 1.80. The number of carbonyl (C=O) groups is 1. The fraction of sp³-hybridized carbons (Fsp3) is 0.364. The summed E-state index contributed by atoms with van der Waals surface area (Å²) in [7, 11) is 3.33. The average Bonchev–Trinajstić information content (AvgIpc) is 3.46. The van der Waals surface area contributed by atoms with Crippen molar-refractivity contribution >= 4 is 11.6 Å². The maximum absolute atomic E-state index is 13.1. The van der Waals surface area contributed by atoms with Gasteiger partial charge in [-0.05, 0) is 64.9 Å². The number of methoxy groups -OCH3 is 2. The molecule has 5 rings (SSSR count). The monoisotopic (exact) mass is 569 g/mol. The second-order valence-corrected chi connectivity index (χ2v) is 11.5. The number of fused-ring (bicyclic) bond motifs is 1. The van der Waals surface area contributed by atoms with Gasteiger partial charge in [0.15, 0.2) is 11.5 Å². The van der Waals surface area contributed by atoms with E-state index in [0.29, 0.717) is 23.6 Å². The van der Waals surface area contributed by atoms with Gasteiger partial charge in [-0.2, -0.15) is 0 Å². The van der Waals surface area contributed by atoms with Crippen LogP contribution in [0.1, 0.15) is 53.5 Å². The molecule has 0 fully saturated rings. The number of nitrogens with one attached hydrogen (secondary N) is 1. The van der Waals surface area contributed by atoms with Crippen molar-refractivity contribution in [2.45, 2.75) is 52.3 Å². The first-order chi connectivity index (χ1) is 20.2. The second-order valence-electron chi connectivity index (χ2n) is 11.5. The van der Waals surface area contributed by atoms with Crippen LogP contribution in [0.3, 0.4) is 0 Å². The van der Waals surface area contributed by atoms with Crippen molar-refractivity contribution in [3.63, 3.8) is 0 Å². The van der Waals surface area contributed by atoms with Crippen LogP contribution in [0.2, 0.25) is 0 Å². The summed E-state index contributed by atoms with van der Waals surface area (Å²) >= 11 is 0. The maximum Gasteiger partial charge on any atom is 0.259 e. The van der Waals surface area contributed by atoms with Gasteiger partial charge in [0.25, 0.3) is 5.91 Å². The average molecular weight is 570 g/mol. The largest absolute Gasteiger partial charge is 0.493 e. The first kappa shape index (κ1) is 29.1. The van der Waals surface area contributed by atoms with Crippen molar-refractivity contribution in [2.24, 2.45) is 0 Å². The first-order valence-electron chi connectivity index (χ1n) is 14.2. The van der Waals surface area contributed by atoms with Gasteiger partial charge in [-0.15, -0.1) is 5.10 Å². The summed E-state index contributed by atoms with van der Waals surface area (Å²) in [5, 5.41) is 11.5. The minimum atomic E-state index is -0.225. The van der Waals surface area contributed by atoms with E-state index in [1.54, 1.807) is 26.4 Å². The minimum Gasteiger partial charge on any atom is -0.493 e. The molecule has 1 aliphatic rings. The molecule has 0 saturated carbocycles. The Morgan fingerprint density at radius 3 is 2.36 bits per heavy atom. The summed E-state index contributed by atoms with van der Waals surface area (Å²) in [6.45, 7) is 10.1. The second kappa shape index (κ2) is 12.7. The van der Waals surface area contributed by atoms with Gasteiger partial charge >= 0.3 is 0 Å². The number of ether oxygens (including phenoxy) is 3. The molecular formula is C33H39N5O4. The molecule has 1 aromatic heterocycles. The molecule has 9 heteroatoms. The van der Waals surface area contributed by atoms with Crippen LogP contribution < -0.4 is 19.5 Å². The molecule has 1 amide bonds. The van der Waals surface area contributed by atoms with Crippen LogP contribution in [-0.2, 0) is 31.5 Å². The fourth-order valence-electron chi connectivity index (χ4n) is 5.07. The first-order valence-corrected chi connectivity index (χ1v) is 14.2. The lowest BCUT2D eigenvalue weighted by molar-refractivity contribution is 0.102. The number of nitrogens with zero attached hydrogens (tertiary/aromatic N) is 4. The Morgan fingerprint density at radius 2 is 1.64 bits per heavy atom. The zero-order valence-electron chi connectivity index (χ0n) is 25.0. The van der Waals surface area contributed by atoms with E-state index in [-0.39, 0.29) is 17.9 Å². The van der Waals surface area contributed by atoms with Crippen LogP contribution in [0.15, 0.2) is 66.9 Å². The van der Waals surface area contributed by atoms with E-state index in [0.717, 1.165) is 43.2 Å². The molecule has 4 aromatic rings. The molecule has 0 saturated heterocycles. The van der Waals surface area contributed by atoms with Gasteiger partial charge < -0.3 is 19.5 Å². The number of anilines is 1. The lowest BCUT2D eigenvalue weighted by Gasteiger charge is -2.29. The van der Waals surface area contributed by atoms with Crippen LogP contribution in [-0.4, -0.2) is 53.1 Å². The Balaban J connectivity index is 1.15. The number of para-hydroxylation sites is 1. The molecule has 9 nitrogen and oxygen atoms in total. The Bertz CT molecular complexity index is 1520. The van der Waals surface area contributed by atoms with Gasteiger partial charge in [-0.3, -0.25) is 14.4 Å². The standard InChI is InChI=1S/C33H39N5O4/c1-33(2,3)25-10-12-26(13-11-25)34-32(39)28-8-6-7-9-29(28)42-22-27-21-38(36-35-27)17-16-37-15-14-23-18-30(40-4)31(41-5)19-24(23)20-37/h6-13,18-19,21H,14-17,20,22H2,1-5H3,(H,34,39). The van der Waals surface area contributed by atoms with Gasteiger partial charge in [0.1, 0.15) is 18.1 Å². The molecule has 2 heterocycles. The molecule has 0 radical (unpaired) electrons. The molecule has 1 N–H and O–H groups in total. The van der Waals surface area contributed by atoms with Crippen molar-refractivity contribution < 1.29 is 19.0 Å². The van der Waals surface area contributed by atoms with E-state index in [9.17, 15) is 4.79 Å². The zero-order chi connectivity index (χ0) is 29.7. The van der Waals surface area contributed by atoms with Crippen LogP contribution >= 0.6 is 0 Å². The fourth-order valence-corrected chi connectivity index (χ4v) is 5.07. The number of carbonyl (C=O) groups excluding carboxylic acids is 1. The number of aromatic nitrogens is 3. The van der Waals surface area contributed by atoms with E-state index in [1.807, 2.05) is 47.3 Å². The van der Waals surface area contributed by atoms with Gasteiger partial charge in [0.05, 0.1) is 32.5 Å². The highest BCUT2D eigenvalue weighted by Gasteiger charge is 2.20. The van der Waals surface area contributed by atoms with Gasteiger partial charge in [0.2, 0.25) is 0 Å². The lowest BCUT2D eigenvalue weighted by atomic mass is 9.87. The Labute approximate surface area is 247 Å². The van der Waals surface area contributed by atoms with Crippen LogP contribution in [0, 0.1) is 0 Å². The van der Waals surface area contributed by atoms with Crippen molar-refractivity contribution in [3.8, 4) is 17.2 Å². The maximum atomic E-state index is 13.1. The molecule has 220 valence electrons. The Hall–Kier alpha value is -4.37. The van der Waals surface area contributed by atoms with Crippen molar-refractivity contribution in [2.75, 3.05) is 32.6 Å². The molecular weight excluding hydrogens is 530 g/mol. The molecule has 0 unspecified atom stereocenters. The van der Waals surface area contributed by atoms with Crippen LogP contribution in [0.5, 0.6) is 17.2 Å². The predicted octanol–water partition coefficient (Wildman–Crippen LogP) is 5.48. The summed E-state index contributed by atoms with van der Waals surface area (Å²) in [4.78, 5) is 15.5. The zero-order valence-corrected chi connectivity index (χ0v) is 25.0. The van der Waals surface area contributed by atoms with Crippen LogP contribution in [0.4, 0.5) is 5.69 Å². The highest BCUT2D eigenvalue weighted by atomic mass is 16.5. The quantitative estimate of drug-likeness (QED) is 0.270. The SMILES string of the molecule is COc1cc2c(cc1OC)CN(CCn1cc(COc3ccccc3C(=O)Nc3ccc(C(C)(C)C)cc3)nn1)CC2. The summed E-state index contributed by atoms with van der Waals surface area (Å²) < 4.78 is 18.8. The molecule has 3 aromatic carbocycles. The Kier molecular flexibility index (Phi) is 8.77. The number of rotatable bonds is 10. The summed E-state index contributed by atoms with van der Waals surface area (Å²) in [6, 6.07) is 19.3. The van der Waals surface area contributed by atoms with E-state index in [1.165, 1.54) is 16.7 Å². The lowest BCUT2D eigenvalue weighted by Crippen LogP contribution is -2.33.